The molecule has 4 nitrogen and oxygen atoms in total. The van der Waals surface area contributed by atoms with Gasteiger partial charge in [0.1, 0.15) is 0 Å². The van der Waals surface area contributed by atoms with Gasteiger partial charge in [-0.1, -0.05) is 12.1 Å². The molecule has 0 aliphatic carbocycles. The third kappa shape index (κ3) is 2.17. The molecular weight excluding hydrogens is 260 g/mol. The molecule has 2 aromatic heterocycles. The Morgan fingerprint density at radius 3 is 2.76 bits per heavy atom. The van der Waals surface area contributed by atoms with Gasteiger partial charge in [0.15, 0.2) is 5.65 Å². The molecule has 0 saturated carbocycles. The molecule has 4 rings (SSSR count). The van der Waals surface area contributed by atoms with Crippen molar-refractivity contribution in [1.29, 1.82) is 0 Å². The second-order valence-electron chi connectivity index (χ2n) is 5.63. The summed E-state index contributed by atoms with van der Waals surface area (Å²) in [5.41, 5.74) is 5.48. The molecule has 0 N–H and O–H groups in total. The molecule has 3 heterocycles. The molecule has 4 heteroatoms. The van der Waals surface area contributed by atoms with Crippen molar-refractivity contribution < 1.29 is 0 Å². The van der Waals surface area contributed by atoms with Gasteiger partial charge in [-0.15, -0.1) is 0 Å². The second-order valence-corrected chi connectivity index (χ2v) is 5.63. The van der Waals surface area contributed by atoms with Crippen LogP contribution in [-0.4, -0.2) is 27.7 Å². The Labute approximate surface area is 124 Å². The lowest BCUT2D eigenvalue weighted by Gasteiger charge is -2.18. The molecular formula is C17H18N4. The van der Waals surface area contributed by atoms with Crippen molar-refractivity contribution in [2.24, 2.45) is 0 Å². The van der Waals surface area contributed by atoms with Crippen molar-refractivity contribution >= 4 is 11.3 Å². The molecule has 0 spiro atoms. The van der Waals surface area contributed by atoms with E-state index in [1.54, 1.807) is 0 Å². The Bertz CT molecular complexity index is 784. The van der Waals surface area contributed by atoms with Gasteiger partial charge in [-0.25, -0.2) is 9.50 Å². The fourth-order valence-corrected chi connectivity index (χ4v) is 3.07. The van der Waals surface area contributed by atoms with E-state index in [9.17, 15) is 0 Å². The number of aryl methyl sites for hydroxylation is 1. The van der Waals surface area contributed by atoms with Crippen LogP contribution in [0.3, 0.4) is 0 Å². The molecule has 21 heavy (non-hydrogen) atoms. The number of aromatic nitrogens is 3. The van der Waals surface area contributed by atoms with Crippen molar-refractivity contribution in [3.8, 4) is 11.3 Å². The Hall–Kier alpha value is -2.36. The lowest BCUT2D eigenvalue weighted by Crippen LogP contribution is -2.17. The molecule has 106 valence electrons. The standard InChI is InChI=1S/C17H18N4/c1-13-11-17-18-8-7-16(21(17)19-13)14-5-4-6-15(12-14)20-9-2-3-10-20/h4-8,11-12H,2-3,9-10H2,1H3. The second kappa shape index (κ2) is 4.88. The van der Waals surface area contributed by atoms with E-state index in [1.807, 2.05) is 29.8 Å². The molecule has 1 aliphatic heterocycles. The molecule has 0 unspecified atom stereocenters. The average molecular weight is 278 g/mol. The molecule has 1 fully saturated rings. The van der Waals surface area contributed by atoms with Gasteiger partial charge >= 0.3 is 0 Å². The lowest BCUT2D eigenvalue weighted by molar-refractivity contribution is 0.924. The minimum Gasteiger partial charge on any atom is -0.372 e. The van der Waals surface area contributed by atoms with Gasteiger partial charge in [-0.3, -0.25) is 0 Å². The first-order valence-electron chi connectivity index (χ1n) is 7.48. The average Bonchev–Trinajstić information content (AvgIpc) is 3.15. The van der Waals surface area contributed by atoms with Crippen LogP contribution in [-0.2, 0) is 0 Å². The van der Waals surface area contributed by atoms with Gasteiger partial charge in [-0.2, -0.15) is 5.10 Å². The summed E-state index contributed by atoms with van der Waals surface area (Å²) in [7, 11) is 0. The van der Waals surface area contributed by atoms with Crippen LogP contribution >= 0.6 is 0 Å². The third-order valence-electron chi connectivity index (χ3n) is 4.09. The summed E-state index contributed by atoms with van der Waals surface area (Å²) in [4.78, 5) is 6.83. The van der Waals surface area contributed by atoms with Crippen LogP contribution in [0.2, 0.25) is 0 Å². The summed E-state index contributed by atoms with van der Waals surface area (Å²) < 4.78 is 1.93. The van der Waals surface area contributed by atoms with E-state index in [1.165, 1.54) is 24.1 Å². The number of rotatable bonds is 2. The number of hydrogen-bond donors (Lipinski definition) is 0. The molecule has 0 atom stereocenters. The zero-order valence-electron chi connectivity index (χ0n) is 12.2. The third-order valence-corrected chi connectivity index (χ3v) is 4.09. The summed E-state index contributed by atoms with van der Waals surface area (Å²) >= 11 is 0. The number of hydrogen-bond acceptors (Lipinski definition) is 3. The number of anilines is 1. The number of fused-ring (bicyclic) bond motifs is 1. The Morgan fingerprint density at radius 2 is 1.90 bits per heavy atom. The molecule has 0 radical (unpaired) electrons. The highest BCUT2D eigenvalue weighted by Gasteiger charge is 2.13. The first kappa shape index (κ1) is 12.4. The maximum atomic E-state index is 4.56. The van der Waals surface area contributed by atoms with Gasteiger partial charge < -0.3 is 4.90 Å². The predicted molar refractivity (Wildman–Crippen MR) is 84.6 cm³/mol. The van der Waals surface area contributed by atoms with Gasteiger partial charge in [0.25, 0.3) is 0 Å². The lowest BCUT2D eigenvalue weighted by atomic mass is 10.1. The zero-order chi connectivity index (χ0) is 14.2. The van der Waals surface area contributed by atoms with Crippen LogP contribution in [0.15, 0.2) is 42.6 Å². The van der Waals surface area contributed by atoms with E-state index in [-0.39, 0.29) is 0 Å². The quantitative estimate of drug-likeness (QED) is 0.721. The predicted octanol–water partition coefficient (Wildman–Crippen LogP) is 3.30. The molecule has 3 aromatic rings. The molecule has 1 saturated heterocycles. The molecule has 0 amide bonds. The minimum atomic E-state index is 0.900. The van der Waals surface area contributed by atoms with Crippen molar-refractivity contribution in [2.45, 2.75) is 19.8 Å². The van der Waals surface area contributed by atoms with Crippen LogP contribution in [0, 0.1) is 6.92 Å². The number of benzene rings is 1. The highest BCUT2D eigenvalue weighted by atomic mass is 15.3. The Balaban J connectivity index is 1.82. The van der Waals surface area contributed by atoms with Gasteiger partial charge in [-0.05, 0) is 38.0 Å². The van der Waals surface area contributed by atoms with E-state index in [2.05, 4.69) is 39.2 Å². The topological polar surface area (TPSA) is 33.4 Å². The monoisotopic (exact) mass is 278 g/mol. The van der Waals surface area contributed by atoms with E-state index in [0.29, 0.717) is 0 Å². The summed E-state index contributed by atoms with van der Waals surface area (Å²) in [5, 5.41) is 4.56. The smallest absolute Gasteiger partial charge is 0.155 e. The number of nitrogens with zero attached hydrogens (tertiary/aromatic N) is 4. The van der Waals surface area contributed by atoms with Gasteiger partial charge in [0.2, 0.25) is 0 Å². The normalized spacial score (nSPS) is 15.0. The van der Waals surface area contributed by atoms with Crippen LogP contribution in [0.1, 0.15) is 18.5 Å². The highest BCUT2D eigenvalue weighted by molar-refractivity contribution is 5.67. The van der Waals surface area contributed by atoms with E-state index < -0.39 is 0 Å². The molecule has 1 aliphatic rings. The van der Waals surface area contributed by atoms with Crippen molar-refractivity contribution in [3.05, 3.63) is 48.3 Å². The Morgan fingerprint density at radius 1 is 1.05 bits per heavy atom. The van der Waals surface area contributed by atoms with Gasteiger partial charge in [0.05, 0.1) is 11.4 Å². The SMILES string of the molecule is Cc1cc2nccc(-c3cccc(N4CCCC4)c3)n2n1. The minimum absolute atomic E-state index is 0.900. The maximum absolute atomic E-state index is 4.56. The van der Waals surface area contributed by atoms with Crippen LogP contribution < -0.4 is 4.90 Å². The van der Waals surface area contributed by atoms with Crippen LogP contribution in [0.25, 0.3) is 16.9 Å². The van der Waals surface area contributed by atoms with Crippen molar-refractivity contribution in [2.75, 3.05) is 18.0 Å². The van der Waals surface area contributed by atoms with E-state index in [4.69, 9.17) is 0 Å². The Kier molecular flexibility index (Phi) is 2.88. The maximum Gasteiger partial charge on any atom is 0.155 e. The highest BCUT2D eigenvalue weighted by Crippen LogP contribution is 2.27. The fourth-order valence-electron chi connectivity index (χ4n) is 3.07. The first-order chi connectivity index (χ1) is 10.3. The van der Waals surface area contributed by atoms with Crippen LogP contribution in [0.5, 0.6) is 0 Å². The van der Waals surface area contributed by atoms with E-state index in [0.717, 1.165) is 30.1 Å². The fraction of sp³-hybridized carbons (Fsp3) is 0.294. The van der Waals surface area contributed by atoms with Crippen molar-refractivity contribution in [1.82, 2.24) is 14.6 Å². The van der Waals surface area contributed by atoms with E-state index >= 15 is 0 Å². The summed E-state index contributed by atoms with van der Waals surface area (Å²) in [6.45, 7) is 4.32. The summed E-state index contributed by atoms with van der Waals surface area (Å²) in [6, 6.07) is 12.8. The molecule has 0 bridgehead atoms. The van der Waals surface area contributed by atoms with Crippen molar-refractivity contribution in [3.63, 3.8) is 0 Å². The largest absolute Gasteiger partial charge is 0.372 e. The van der Waals surface area contributed by atoms with Gasteiger partial charge in [0, 0.05) is 36.6 Å². The zero-order valence-corrected chi connectivity index (χ0v) is 12.2. The van der Waals surface area contributed by atoms with Crippen LogP contribution in [0.4, 0.5) is 5.69 Å². The first-order valence-corrected chi connectivity index (χ1v) is 7.48. The summed E-state index contributed by atoms with van der Waals surface area (Å²) in [6.07, 6.45) is 4.44. The molecule has 1 aromatic carbocycles. The summed E-state index contributed by atoms with van der Waals surface area (Å²) in [5.74, 6) is 0.